The van der Waals surface area contributed by atoms with E-state index in [-0.39, 0.29) is 5.54 Å². The van der Waals surface area contributed by atoms with Crippen LogP contribution in [0.1, 0.15) is 33.0 Å². The molecule has 0 radical (unpaired) electrons. The molecule has 0 saturated heterocycles. The van der Waals surface area contributed by atoms with Crippen LogP contribution in [0.3, 0.4) is 0 Å². The fourth-order valence-corrected chi connectivity index (χ4v) is 2.47. The Hall–Kier alpha value is -0.730. The van der Waals surface area contributed by atoms with Crippen molar-refractivity contribution < 1.29 is 0 Å². The molecule has 0 unspecified atom stereocenters. The van der Waals surface area contributed by atoms with E-state index in [1.165, 1.54) is 0 Å². The van der Waals surface area contributed by atoms with Crippen LogP contribution in [-0.4, -0.2) is 9.55 Å². The second kappa shape index (κ2) is 4.51. The van der Waals surface area contributed by atoms with Gasteiger partial charge in [-0.05, 0) is 32.4 Å². The van der Waals surface area contributed by atoms with Gasteiger partial charge in [-0.2, -0.15) is 0 Å². The molecular formula is C13H16Cl2N2. The summed E-state index contributed by atoms with van der Waals surface area (Å²) in [4.78, 5) is 4.55. The zero-order valence-corrected chi connectivity index (χ0v) is 11.8. The van der Waals surface area contributed by atoms with Crippen molar-refractivity contribution in [1.82, 2.24) is 9.55 Å². The monoisotopic (exact) mass is 270 g/mol. The predicted octanol–water partition coefficient (Wildman–Crippen LogP) is 4.57. The molecule has 1 aromatic carbocycles. The molecule has 0 amide bonds. The highest BCUT2D eigenvalue weighted by Gasteiger charge is 2.25. The standard InChI is InChI=1S/C13H16Cl2N2/c1-4-13(2,3)17-11(8-14)16-10-7-5-6-9(15)12(10)17/h5-7H,4,8H2,1-3H3. The number of para-hydroxylation sites is 1. The quantitative estimate of drug-likeness (QED) is 0.747. The Balaban J connectivity index is 2.83. The lowest BCUT2D eigenvalue weighted by Crippen LogP contribution is -2.26. The largest absolute Gasteiger partial charge is 0.320 e. The summed E-state index contributed by atoms with van der Waals surface area (Å²) in [5.74, 6) is 1.27. The van der Waals surface area contributed by atoms with Gasteiger partial charge < -0.3 is 4.57 Å². The minimum atomic E-state index is -0.0377. The molecule has 1 heterocycles. The van der Waals surface area contributed by atoms with E-state index < -0.39 is 0 Å². The highest BCUT2D eigenvalue weighted by atomic mass is 35.5. The maximum absolute atomic E-state index is 6.29. The average molecular weight is 271 g/mol. The minimum Gasteiger partial charge on any atom is -0.320 e. The molecule has 2 aromatic rings. The maximum atomic E-state index is 6.29. The molecular weight excluding hydrogens is 255 g/mol. The first-order chi connectivity index (χ1) is 8.01. The van der Waals surface area contributed by atoms with Crippen molar-refractivity contribution in [3.05, 3.63) is 29.0 Å². The molecule has 17 heavy (non-hydrogen) atoms. The molecule has 2 rings (SSSR count). The summed E-state index contributed by atoms with van der Waals surface area (Å²) in [6, 6.07) is 5.78. The average Bonchev–Trinajstić information content (AvgIpc) is 2.69. The number of fused-ring (bicyclic) bond motifs is 1. The molecule has 2 nitrogen and oxygen atoms in total. The summed E-state index contributed by atoms with van der Waals surface area (Å²) in [6.07, 6.45) is 0.994. The van der Waals surface area contributed by atoms with Crippen LogP contribution in [0, 0.1) is 0 Å². The molecule has 1 aromatic heterocycles. The van der Waals surface area contributed by atoms with E-state index in [2.05, 4.69) is 30.3 Å². The fraction of sp³-hybridized carbons (Fsp3) is 0.462. The number of rotatable bonds is 3. The van der Waals surface area contributed by atoms with Gasteiger partial charge in [0.1, 0.15) is 5.82 Å². The van der Waals surface area contributed by atoms with Crippen molar-refractivity contribution in [1.29, 1.82) is 0 Å². The fourth-order valence-electron chi connectivity index (χ4n) is 2.03. The zero-order chi connectivity index (χ0) is 12.6. The maximum Gasteiger partial charge on any atom is 0.125 e. The first kappa shape index (κ1) is 12.7. The van der Waals surface area contributed by atoms with Crippen molar-refractivity contribution in [2.24, 2.45) is 0 Å². The molecule has 0 fully saturated rings. The minimum absolute atomic E-state index is 0.0377. The van der Waals surface area contributed by atoms with Crippen molar-refractivity contribution in [3.8, 4) is 0 Å². The highest BCUT2D eigenvalue weighted by Crippen LogP contribution is 2.32. The van der Waals surface area contributed by atoms with Crippen LogP contribution < -0.4 is 0 Å². The van der Waals surface area contributed by atoms with Crippen molar-refractivity contribution >= 4 is 34.2 Å². The van der Waals surface area contributed by atoms with E-state index in [0.717, 1.165) is 28.3 Å². The predicted molar refractivity (Wildman–Crippen MR) is 73.9 cm³/mol. The molecule has 0 aliphatic heterocycles. The summed E-state index contributed by atoms with van der Waals surface area (Å²) < 4.78 is 2.16. The van der Waals surface area contributed by atoms with Gasteiger partial charge >= 0.3 is 0 Å². The zero-order valence-electron chi connectivity index (χ0n) is 10.3. The second-order valence-electron chi connectivity index (χ2n) is 4.77. The van der Waals surface area contributed by atoms with E-state index in [1.807, 2.05) is 18.2 Å². The number of imidazole rings is 1. The normalized spacial score (nSPS) is 12.3. The summed E-state index contributed by atoms with van der Waals surface area (Å²) in [7, 11) is 0. The Bertz CT molecular complexity index is 544. The van der Waals surface area contributed by atoms with E-state index in [0.29, 0.717) is 5.88 Å². The van der Waals surface area contributed by atoms with E-state index in [4.69, 9.17) is 23.2 Å². The third kappa shape index (κ3) is 2.04. The van der Waals surface area contributed by atoms with Gasteiger partial charge in [0, 0.05) is 5.54 Å². The summed E-state index contributed by atoms with van der Waals surface area (Å²) in [6.45, 7) is 6.50. The number of aromatic nitrogens is 2. The smallest absolute Gasteiger partial charge is 0.125 e. The van der Waals surface area contributed by atoms with Crippen molar-refractivity contribution in [2.45, 2.75) is 38.6 Å². The van der Waals surface area contributed by atoms with Gasteiger partial charge in [-0.15, -0.1) is 11.6 Å². The highest BCUT2D eigenvalue weighted by molar-refractivity contribution is 6.35. The van der Waals surface area contributed by atoms with E-state index >= 15 is 0 Å². The number of halogens is 2. The molecule has 0 aliphatic rings. The molecule has 0 saturated carbocycles. The topological polar surface area (TPSA) is 17.8 Å². The number of benzene rings is 1. The van der Waals surface area contributed by atoms with Crippen LogP contribution in [-0.2, 0) is 11.4 Å². The summed E-state index contributed by atoms with van der Waals surface area (Å²) in [5.41, 5.74) is 1.86. The Labute approximate surface area is 112 Å². The molecule has 0 spiro atoms. The summed E-state index contributed by atoms with van der Waals surface area (Å²) in [5, 5.41) is 0.730. The first-order valence-electron chi connectivity index (χ1n) is 5.73. The molecule has 92 valence electrons. The van der Waals surface area contributed by atoms with Crippen molar-refractivity contribution in [3.63, 3.8) is 0 Å². The van der Waals surface area contributed by atoms with Gasteiger partial charge in [0.05, 0.1) is 21.9 Å². The van der Waals surface area contributed by atoms with E-state index in [9.17, 15) is 0 Å². The van der Waals surface area contributed by atoms with Crippen molar-refractivity contribution in [2.75, 3.05) is 0 Å². The molecule has 0 atom stereocenters. The lowest BCUT2D eigenvalue weighted by atomic mass is 10.0. The Kier molecular flexibility index (Phi) is 3.37. The second-order valence-corrected chi connectivity index (χ2v) is 5.45. The van der Waals surface area contributed by atoms with Gasteiger partial charge in [0.25, 0.3) is 0 Å². The molecule has 0 N–H and O–H groups in total. The molecule has 4 heteroatoms. The van der Waals surface area contributed by atoms with Gasteiger partial charge in [0.15, 0.2) is 0 Å². The van der Waals surface area contributed by atoms with Gasteiger partial charge in [-0.1, -0.05) is 24.6 Å². The molecule has 0 aliphatic carbocycles. The third-order valence-electron chi connectivity index (χ3n) is 3.29. The van der Waals surface area contributed by atoms with Crippen LogP contribution in [0.25, 0.3) is 11.0 Å². The Morgan fingerprint density at radius 2 is 2.06 bits per heavy atom. The van der Waals surface area contributed by atoms with Crippen LogP contribution >= 0.6 is 23.2 Å². The summed E-state index contributed by atoms with van der Waals surface area (Å²) >= 11 is 12.3. The number of alkyl halides is 1. The van der Waals surface area contributed by atoms with Crippen LogP contribution in [0.4, 0.5) is 0 Å². The van der Waals surface area contributed by atoms with Gasteiger partial charge in [-0.25, -0.2) is 4.98 Å². The van der Waals surface area contributed by atoms with Crippen LogP contribution in [0.15, 0.2) is 18.2 Å². The van der Waals surface area contributed by atoms with Gasteiger partial charge in [-0.3, -0.25) is 0 Å². The molecule has 0 bridgehead atoms. The third-order valence-corrected chi connectivity index (χ3v) is 3.83. The number of hydrogen-bond donors (Lipinski definition) is 0. The lowest BCUT2D eigenvalue weighted by molar-refractivity contribution is 0.344. The number of hydrogen-bond acceptors (Lipinski definition) is 1. The number of nitrogens with zero attached hydrogens (tertiary/aromatic N) is 2. The SMILES string of the molecule is CCC(C)(C)n1c(CCl)nc2cccc(Cl)c21. The lowest BCUT2D eigenvalue weighted by Gasteiger charge is -2.28. The Morgan fingerprint density at radius 3 is 2.65 bits per heavy atom. The Morgan fingerprint density at radius 1 is 1.35 bits per heavy atom. The van der Waals surface area contributed by atoms with Crippen LogP contribution in [0.2, 0.25) is 5.02 Å². The van der Waals surface area contributed by atoms with Gasteiger partial charge in [0.2, 0.25) is 0 Å². The van der Waals surface area contributed by atoms with Crippen LogP contribution in [0.5, 0.6) is 0 Å². The van der Waals surface area contributed by atoms with E-state index in [1.54, 1.807) is 0 Å². The first-order valence-corrected chi connectivity index (χ1v) is 6.64.